The van der Waals surface area contributed by atoms with Gasteiger partial charge in [0.25, 0.3) is 5.91 Å². The van der Waals surface area contributed by atoms with Crippen molar-refractivity contribution >= 4 is 5.91 Å². The van der Waals surface area contributed by atoms with Gasteiger partial charge in [0.05, 0.1) is 6.04 Å². The molecule has 0 aliphatic carbocycles. The van der Waals surface area contributed by atoms with Gasteiger partial charge in [-0.1, -0.05) is 31.5 Å². The molecule has 0 bridgehead atoms. The van der Waals surface area contributed by atoms with E-state index in [0.29, 0.717) is 5.75 Å². The van der Waals surface area contributed by atoms with E-state index in [1.807, 2.05) is 52.1 Å². The summed E-state index contributed by atoms with van der Waals surface area (Å²) < 4.78 is 7.57. The first-order chi connectivity index (χ1) is 11.2. The number of carbonyl (C=O) groups is 1. The molecule has 1 aromatic heterocycles. The molecule has 1 N–H and O–H groups in total. The normalized spacial score (nSPS) is 13.0. The summed E-state index contributed by atoms with van der Waals surface area (Å²) in [6.45, 7) is 9.60. The Morgan fingerprint density at radius 3 is 2.38 bits per heavy atom. The van der Waals surface area contributed by atoms with Crippen LogP contribution in [0.1, 0.15) is 45.1 Å². The fraction of sp³-hybridized carbons (Fsp3) is 0.500. The van der Waals surface area contributed by atoms with E-state index < -0.39 is 5.60 Å². The van der Waals surface area contributed by atoms with Crippen LogP contribution in [0.25, 0.3) is 0 Å². The first kappa shape index (κ1) is 18.0. The molecule has 130 valence electrons. The van der Waals surface area contributed by atoms with Crippen LogP contribution in [0.2, 0.25) is 0 Å². The monoisotopic (exact) mass is 330 g/mol. The second-order valence-electron chi connectivity index (χ2n) is 6.86. The van der Waals surface area contributed by atoms with Crippen LogP contribution < -0.4 is 10.1 Å². The summed E-state index contributed by atoms with van der Waals surface area (Å²) in [6.07, 6.45) is 1.49. The molecule has 0 saturated carbocycles. The van der Waals surface area contributed by atoms with Gasteiger partial charge < -0.3 is 10.1 Å². The molecule has 1 heterocycles. The third kappa shape index (κ3) is 4.13. The Morgan fingerprint density at radius 2 is 1.88 bits per heavy atom. The van der Waals surface area contributed by atoms with Crippen molar-refractivity contribution in [1.29, 1.82) is 0 Å². The molecule has 0 spiro atoms. The molecule has 6 nitrogen and oxygen atoms in total. The molecule has 0 radical (unpaired) electrons. The number of benzene rings is 1. The summed E-state index contributed by atoms with van der Waals surface area (Å²) in [7, 11) is 1.82. The molecule has 0 aliphatic rings. The topological polar surface area (TPSA) is 69.0 Å². The van der Waals surface area contributed by atoms with Crippen molar-refractivity contribution < 1.29 is 9.53 Å². The molecule has 0 aliphatic heterocycles. The Balaban J connectivity index is 2.13. The fourth-order valence-corrected chi connectivity index (χ4v) is 2.38. The molecule has 2 aromatic rings. The van der Waals surface area contributed by atoms with Crippen LogP contribution in [-0.4, -0.2) is 26.3 Å². The highest BCUT2D eigenvalue weighted by molar-refractivity contribution is 5.85. The third-order valence-corrected chi connectivity index (χ3v) is 3.92. The van der Waals surface area contributed by atoms with Gasteiger partial charge >= 0.3 is 0 Å². The number of nitrogens with zero attached hydrogens (tertiary/aromatic N) is 3. The maximum absolute atomic E-state index is 12.8. The Kier molecular flexibility index (Phi) is 5.26. The van der Waals surface area contributed by atoms with Crippen LogP contribution in [0.5, 0.6) is 5.75 Å². The molecule has 24 heavy (non-hydrogen) atoms. The SMILES string of the molecule is Cc1ccc(OC(C)(C)C(=O)N[C@H](c2ncnn2C)C(C)C)cc1. The number of aryl methyl sites for hydroxylation is 2. The highest BCUT2D eigenvalue weighted by atomic mass is 16.5. The summed E-state index contributed by atoms with van der Waals surface area (Å²) in [4.78, 5) is 17.0. The lowest BCUT2D eigenvalue weighted by Gasteiger charge is -2.29. The smallest absolute Gasteiger partial charge is 0.264 e. The minimum atomic E-state index is -0.999. The summed E-state index contributed by atoms with van der Waals surface area (Å²) in [6, 6.07) is 7.42. The zero-order chi connectivity index (χ0) is 17.9. The van der Waals surface area contributed by atoms with E-state index in [2.05, 4.69) is 15.4 Å². The summed E-state index contributed by atoms with van der Waals surface area (Å²) in [5, 5.41) is 7.13. The van der Waals surface area contributed by atoms with Crippen molar-refractivity contribution in [1.82, 2.24) is 20.1 Å². The van der Waals surface area contributed by atoms with Crippen molar-refractivity contribution in [2.24, 2.45) is 13.0 Å². The van der Waals surface area contributed by atoms with E-state index in [0.717, 1.165) is 11.4 Å². The van der Waals surface area contributed by atoms with Gasteiger partial charge in [0.2, 0.25) is 0 Å². The fourth-order valence-electron chi connectivity index (χ4n) is 2.38. The predicted molar refractivity (Wildman–Crippen MR) is 92.6 cm³/mol. The maximum Gasteiger partial charge on any atom is 0.264 e. The first-order valence-electron chi connectivity index (χ1n) is 8.11. The maximum atomic E-state index is 12.8. The van der Waals surface area contributed by atoms with Gasteiger partial charge in [-0.25, -0.2) is 4.98 Å². The van der Waals surface area contributed by atoms with E-state index in [-0.39, 0.29) is 17.9 Å². The molecular weight excluding hydrogens is 304 g/mol. The van der Waals surface area contributed by atoms with Gasteiger partial charge in [0.1, 0.15) is 17.9 Å². The molecule has 1 atom stereocenters. The van der Waals surface area contributed by atoms with Gasteiger partial charge in [-0.2, -0.15) is 5.10 Å². The van der Waals surface area contributed by atoms with Crippen LogP contribution in [0, 0.1) is 12.8 Å². The summed E-state index contributed by atoms with van der Waals surface area (Å²) >= 11 is 0. The molecule has 0 saturated heterocycles. The zero-order valence-electron chi connectivity index (χ0n) is 15.2. The average molecular weight is 330 g/mol. The Labute approximate surface area is 143 Å². The lowest BCUT2D eigenvalue weighted by Crippen LogP contribution is -2.49. The van der Waals surface area contributed by atoms with Crippen molar-refractivity contribution in [3.05, 3.63) is 42.0 Å². The van der Waals surface area contributed by atoms with Gasteiger partial charge in [0.15, 0.2) is 5.60 Å². The number of aromatic nitrogens is 3. The van der Waals surface area contributed by atoms with E-state index in [1.54, 1.807) is 18.5 Å². The van der Waals surface area contributed by atoms with Crippen molar-refractivity contribution in [2.75, 3.05) is 0 Å². The van der Waals surface area contributed by atoms with Gasteiger partial charge in [-0.05, 0) is 38.8 Å². The highest BCUT2D eigenvalue weighted by Crippen LogP contribution is 2.23. The Morgan fingerprint density at radius 1 is 1.25 bits per heavy atom. The molecule has 1 aromatic carbocycles. The first-order valence-corrected chi connectivity index (χ1v) is 8.11. The van der Waals surface area contributed by atoms with Gasteiger partial charge in [0, 0.05) is 7.05 Å². The standard InChI is InChI=1S/C18H26N4O2/c1-12(2)15(16-19-11-20-22(16)6)21-17(23)18(4,5)24-14-9-7-13(3)8-10-14/h7-12,15H,1-6H3,(H,21,23)/t15-/m0/s1. The van der Waals surface area contributed by atoms with E-state index in [9.17, 15) is 4.79 Å². The third-order valence-electron chi connectivity index (χ3n) is 3.92. The second kappa shape index (κ2) is 7.03. The summed E-state index contributed by atoms with van der Waals surface area (Å²) in [5.74, 6) is 1.38. The molecule has 0 fully saturated rings. The van der Waals surface area contributed by atoms with Crippen LogP contribution in [0.3, 0.4) is 0 Å². The predicted octanol–water partition coefficient (Wildman–Crippen LogP) is 2.79. The largest absolute Gasteiger partial charge is 0.478 e. The molecule has 1 amide bonds. The Hall–Kier alpha value is -2.37. The molecule has 2 rings (SSSR count). The lowest BCUT2D eigenvalue weighted by atomic mass is 10.0. The van der Waals surface area contributed by atoms with Gasteiger partial charge in [-0.3, -0.25) is 9.48 Å². The van der Waals surface area contributed by atoms with Crippen molar-refractivity contribution in [2.45, 2.75) is 46.3 Å². The number of rotatable bonds is 6. The van der Waals surface area contributed by atoms with E-state index in [4.69, 9.17) is 4.74 Å². The van der Waals surface area contributed by atoms with Crippen molar-refractivity contribution in [3.8, 4) is 5.75 Å². The lowest BCUT2D eigenvalue weighted by molar-refractivity contribution is -0.135. The van der Waals surface area contributed by atoms with E-state index >= 15 is 0 Å². The van der Waals surface area contributed by atoms with Crippen LogP contribution in [0.15, 0.2) is 30.6 Å². The minimum Gasteiger partial charge on any atom is -0.478 e. The Bertz CT molecular complexity index is 689. The minimum absolute atomic E-state index is 0.173. The highest BCUT2D eigenvalue weighted by Gasteiger charge is 2.33. The number of hydrogen-bond donors (Lipinski definition) is 1. The number of nitrogens with one attached hydrogen (secondary N) is 1. The number of amides is 1. The zero-order valence-corrected chi connectivity index (χ0v) is 15.2. The van der Waals surface area contributed by atoms with Crippen LogP contribution in [0.4, 0.5) is 0 Å². The number of hydrogen-bond acceptors (Lipinski definition) is 4. The van der Waals surface area contributed by atoms with Gasteiger partial charge in [-0.15, -0.1) is 0 Å². The average Bonchev–Trinajstić information content (AvgIpc) is 2.92. The number of carbonyl (C=O) groups excluding carboxylic acids is 1. The van der Waals surface area contributed by atoms with E-state index in [1.165, 1.54) is 6.33 Å². The second-order valence-corrected chi connectivity index (χ2v) is 6.86. The molecular formula is C18H26N4O2. The van der Waals surface area contributed by atoms with Crippen LogP contribution >= 0.6 is 0 Å². The quantitative estimate of drug-likeness (QED) is 0.884. The van der Waals surface area contributed by atoms with Crippen molar-refractivity contribution in [3.63, 3.8) is 0 Å². The van der Waals surface area contributed by atoms with Crippen LogP contribution in [-0.2, 0) is 11.8 Å². The molecule has 6 heteroatoms. The molecule has 0 unspecified atom stereocenters. The summed E-state index contributed by atoms with van der Waals surface area (Å²) in [5.41, 5.74) is 0.146. The number of ether oxygens (including phenoxy) is 1.